The quantitative estimate of drug-likeness (QED) is 0.793. The second-order valence-corrected chi connectivity index (χ2v) is 5.63. The third kappa shape index (κ3) is 4.54. The van der Waals surface area contributed by atoms with Crippen LogP contribution in [-0.4, -0.2) is 13.7 Å². The summed E-state index contributed by atoms with van der Waals surface area (Å²) in [6.45, 7) is 4.16. The van der Waals surface area contributed by atoms with E-state index in [4.69, 9.17) is 32.7 Å². The lowest BCUT2D eigenvalue weighted by Gasteiger charge is -2.13. The van der Waals surface area contributed by atoms with Crippen molar-refractivity contribution in [3.8, 4) is 11.5 Å². The highest BCUT2D eigenvalue weighted by Gasteiger charge is 2.08. The van der Waals surface area contributed by atoms with Gasteiger partial charge in [0.15, 0.2) is 11.5 Å². The van der Waals surface area contributed by atoms with E-state index in [1.54, 1.807) is 19.2 Å². The minimum atomic E-state index is 0.360. The molecule has 0 heterocycles. The van der Waals surface area contributed by atoms with Crippen LogP contribution in [0.4, 0.5) is 0 Å². The normalized spacial score (nSPS) is 10.5. The maximum absolute atomic E-state index is 6.15. The van der Waals surface area contributed by atoms with E-state index >= 15 is 0 Å². The fourth-order valence-corrected chi connectivity index (χ4v) is 2.47. The largest absolute Gasteiger partial charge is 0.493 e. The number of rotatable bonds is 7. The zero-order valence-electron chi connectivity index (χ0n) is 12.7. The van der Waals surface area contributed by atoms with Crippen molar-refractivity contribution >= 4 is 23.2 Å². The lowest BCUT2D eigenvalue weighted by molar-refractivity contribution is 0.284. The number of methoxy groups -OCH3 is 1. The molecule has 0 aliphatic carbocycles. The first-order valence-corrected chi connectivity index (χ1v) is 7.84. The summed E-state index contributed by atoms with van der Waals surface area (Å²) in [7, 11) is 1.63. The molecule has 118 valence electrons. The third-order valence-electron chi connectivity index (χ3n) is 3.21. The molecule has 5 heteroatoms. The molecule has 0 radical (unpaired) electrons. The molecule has 0 amide bonds. The Labute approximate surface area is 141 Å². The number of benzene rings is 2. The monoisotopic (exact) mass is 339 g/mol. The smallest absolute Gasteiger partial charge is 0.161 e. The molecule has 0 unspecified atom stereocenters. The van der Waals surface area contributed by atoms with Gasteiger partial charge in [-0.25, -0.2) is 0 Å². The van der Waals surface area contributed by atoms with Gasteiger partial charge in [-0.2, -0.15) is 0 Å². The van der Waals surface area contributed by atoms with Crippen LogP contribution in [0.3, 0.4) is 0 Å². The Bertz CT molecular complexity index is 632. The van der Waals surface area contributed by atoms with Crippen molar-refractivity contribution in [3.05, 3.63) is 57.6 Å². The van der Waals surface area contributed by atoms with Crippen LogP contribution < -0.4 is 14.8 Å². The van der Waals surface area contributed by atoms with Crippen LogP contribution in [0.5, 0.6) is 11.5 Å². The number of halogens is 2. The molecule has 0 aliphatic heterocycles. The average Bonchev–Trinajstić information content (AvgIpc) is 2.52. The molecular weight excluding hydrogens is 321 g/mol. The molecule has 0 bridgehead atoms. The summed E-state index contributed by atoms with van der Waals surface area (Å²) in [5.41, 5.74) is 2.03. The standard InChI is InChI=1S/C17H19Cl2NO2/c1-3-20-10-12-4-7-16(17(8-12)21-2)22-11-13-5-6-14(18)9-15(13)19/h4-9,20H,3,10-11H2,1-2H3. The van der Waals surface area contributed by atoms with Gasteiger partial charge in [0.1, 0.15) is 6.61 Å². The zero-order valence-corrected chi connectivity index (χ0v) is 14.2. The van der Waals surface area contributed by atoms with E-state index < -0.39 is 0 Å². The molecule has 0 aliphatic rings. The van der Waals surface area contributed by atoms with Crippen molar-refractivity contribution in [1.29, 1.82) is 0 Å². The second kappa shape index (κ2) is 8.28. The lowest BCUT2D eigenvalue weighted by atomic mass is 10.2. The Kier molecular flexibility index (Phi) is 6.37. The summed E-state index contributed by atoms with van der Waals surface area (Å²) in [6, 6.07) is 11.3. The topological polar surface area (TPSA) is 30.5 Å². The van der Waals surface area contributed by atoms with Crippen molar-refractivity contribution < 1.29 is 9.47 Å². The first kappa shape index (κ1) is 16.9. The summed E-state index contributed by atoms with van der Waals surface area (Å²) in [6.07, 6.45) is 0. The number of nitrogens with one attached hydrogen (secondary N) is 1. The Morgan fingerprint density at radius 2 is 1.86 bits per heavy atom. The van der Waals surface area contributed by atoms with E-state index in [0.29, 0.717) is 28.2 Å². The van der Waals surface area contributed by atoms with Crippen LogP contribution in [0.1, 0.15) is 18.1 Å². The molecule has 0 saturated carbocycles. The molecule has 0 aromatic heterocycles. The number of hydrogen-bond acceptors (Lipinski definition) is 3. The van der Waals surface area contributed by atoms with Crippen molar-refractivity contribution in [2.75, 3.05) is 13.7 Å². The van der Waals surface area contributed by atoms with E-state index in [2.05, 4.69) is 12.2 Å². The van der Waals surface area contributed by atoms with E-state index in [0.717, 1.165) is 24.2 Å². The highest BCUT2D eigenvalue weighted by atomic mass is 35.5. The maximum atomic E-state index is 6.15. The van der Waals surface area contributed by atoms with Crippen LogP contribution in [0.25, 0.3) is 0 Å². The SMILES string of the molecule is CCNCc1ccc(OCc2ccc(Cl)cc2Cl)c(OC)c1. The highest BCUT2D eigenvalue weighted by molar-refractivity contribution is 6.35. The third-order valence-corrected chi connectivity index (χ3v) is 3.79. The van der Waals surface area contributed by atoms with Gasteiger partial charge in [-0.3, -0.25) is 0 Å². The van der Waals surface area contributed by atoms with Crippen molar-refractivity contribution in [3.63, 3.8) is 0 Å². The Morgan fingerprint density at radius 3 is 2.55 bits per heavy atom. The van der Waals surface area contributed by atoms with E-state index in [1.165, 1.54) is 0 Å². The molecule has 0 saturated heterocycles. The summed E-state index contributed by atoms with van der Waals surface area (Å²) >= 11 is 12.0. The summed E-state index contributed by atoms with van der Waals surface area (Å²) in [5.74, 6) is 1.40. The van der Waals surface area contributed by atoms with Gasteiger partial charge < -0.3 is 14.8 Å². The van der Waals surface area contributed by atoms with Gasteiger partial charge in [-0.05, 0) is 36.4 Å². The molecule has 3 nitrogen and oxygen atoms in total. The fraction of sp³-hybridized carbons (Fsp3) is 0.294. The molecule has 2 aromatic rings. The predicted molar refractivity (Wildman–Crippen MR) is 91.2 cm³/mol. The average molecular weight is 340 g/mol. The molecule has 1 N–H and O–H groups in total. The van der Waals surface area contributed by atoms with Gasteiger partial charge in [0.05, 0.1) is 7.11 Å². The van der Waals surface area contributed by atoms with Gasteiger partial charge in [0, 0.05) is 22.2 Å². The zero-order chi connectivity index (χ0) is 15.9. The van der Waals surface area contributed by atoms with Crippen LogP contribution in [-0.2, 0) is 13.2 Å². The summed E-state index contributed by atoms with van der Waals surface area (Å²) in [5, 5.41) is 4.48. The second-order valence-electron chi connectivity index (χ2n) is 4.79. The van der Waals surface area contributed by atoms with Gasteiger partial charge in [0.2, 0.25) is 0 Å². The van der Waals surface area contributed by atoms with Crippen molar-refractivity contribution in [2.45, 2.75) is 20.1 Å². The van der Waals surface area contributed by atoms with Gasteiger partial charge in [0.25, 0.3) is 0 Å². The van der Waals surface area contributed by atoms with Crippen LogP contribution in [0.2, 0.25) is 10.0 Å². The van der Waals surface area contributed by atoms with Gasteiger partial charge >= 0.3 is 0 Å². The minimum absolute atomic E-state index is 0.360. The maximum Gasteiger partial charge on any atom is 0.161 e. The molecule has 22 heavy (non-hydrogen) atoms. The minimum Gasteiger partial charge on any atom is -0.493 e. The van der Waals surface area contributed by atoms with Gasteiger partial charge in [-0.1, -0.05) is 42.3 Å². The summed E-state index contributed by atoms with van der Waals surface area (Å²) < 4.78 is 11.2. The summed E-state index contributed by atoms with van der Waals surface area (Å²) in [4.78, 5) is 0. The first-order chi connectivity index (χ1) is 10.6. The Hall–Kier alpha value is -1.42. The molecule has 0 fully saturated rings. The first-order valence-electron chi connectivity index (χ1n) is 7.08. The predicted octanol–water partition coefficient (Wildman–Crippen LogP) is 4.69. The van der Waals surface area contributed by atoms with Crippen LogP contribution in [0.15, 0.2) is 36.4 Å². The fourth-order valence-electron chi connectivity index (χ4n) is 2.00. The van der Waals surface area contributed by atoms with E-state index in [9.17, 15) is 0 Å². The van der Waals surface area contributed by atoms with E-state index in [-0.39, 0.29) is 0 Å². The molecule has 0 spiro atoms. The van der Waals surface area contributed by atoms with Crippen molar-refractivity contribution in [2.24, 2.45) is 0 Å². The van der Waals surface area contributed by atoms with Crippen LogP contribution >= 0.6 is 23.2 Å². The Morgan fingerprint density at radius 1 is 1.05 bits per heavy atom. The van der Waals surface area contributed by atoms with E-state index in [1.807, 2.05) is 24.3 Å². The molecule has 0 atom stereocenters. The van der Waals surface area contributed by atoms with Gasteiger partial charge in [-0.15, -0.1) is 0 Å². The molecule has 2 aromatic carbocycles. The highest BCUT2D eigenvalue weighted by Crippen LogP contribution is 2.30. The molecule has 2 rings (SSSR count). The number of hydrogen-bond donors (Lipinski definition) is 1. The van der Waals surface area contributed by atoms with Crippen LogP contribution in [0, 0.1) is 0 Å². The Balaban J connectivity index is 2.08. The lowest BCUT2D eigenvalue weighted by Crippen LogP contribution is -2.11. The van der Waals surface area contributed by atoms with Crippen molar-refractivity contribution in [1.82, 2.24) is 5.32 Å². The molecular formula is C17H19Cl2NO2. The number of ether oxygens (including phenoxy) is 2.